The van der Waals surface area contributed by atoms with E-state index >= 15 is 0 Å². The molecule has 0 spiro atoms. The van der Waals surface area contributed by atoms with Crippen LogP contribution in [0.1, 0.15) is 58.3 Å². The van der Waals surface area contributed by atoms with Crippen molar-refractivity contribution in [1.29, 1.82) is 0 Å². The highest BCUT2D eigenvalue weighted by molar-refractivity contribution is 4.89. The van der Waals surface area contributed by atoms with Crippen LogP contribution in [0.5, 0.6) is 0 Å². The molecule has 0 saturated heterocycles. The highest BCUT2D eigenvalue weighted by atomic mass is 16.3. The molecule has 0 aromatic heterocycles. The average molecular weight is 222 g/mol. The van der Waals surface area contributed by atoms with E-state index in [9.17, 15) is 5.11 Å². The van der Waals surface area contributed by atoms with Crippen molar-refractivity contribution in [2.24, 2.45) is 5.92 Å². The van der Waals surface area contributed by atoms with Crippen LogP contribution in [0.2, 0.25) is 0 Å². The van der Waals surface area contributed by atoms with Crippen molar-refractivity contribution in [3.8, 4) is 0 Å². The van der Waals surface area contributed by atoms with Gasteiger partial charge >= 0.3 is 0 Å². The number of aliphatic hydroxyl groups is 1. The first kappa shape index (κ1) is 13.5. The Labute approximate surface area is 100 Å². The third kappa shape index (κ3) is 5.50. The molecule has 1 heteroatoms. The third-order valence-electron chi connectivity index (χ3n) is 3.45. The van der Waals surface area contributed by atoms with E-state index in [4.69, 9.17) is 0 Å². The summed E-state index contributed by atoms with van der Waals surface area (Å²) in [5.41, 5.74) is 0. The second-order valence-electron chi connectivity index (χ2n) is 4.76. The molecule has 1 aliphatic rings. The zero-order valence-electron chi connectivity index (χ0n) is 10.6. The maximum absolute atomic E-state index is 9.95. The molecule has 0 fully saturated rings. The van der Waals surface area contributed by atoms with E-state index in [0.29, 0.717) is 5.92 Å². The molecule has 2 atom stereocenters. The van der Waals surface area contributed by atoms with Gasteiger partial charge in [-0.1, -0.05) is 31.2 Å². The summed E-state index contributed by atoms with van der Waals surface area (Å²) in [6, 6.07) is 0. The minimum atomic E-state index is -0.0969. The minimum absolute atomic E-state index is 0.0969. The Balaban J connectivity index is 2.44. The molecule has 0 aromatic rings. The van der Waals surface area contributed by atoms with E-state index in [2.05, 4.69) is 31.2 Å². The van der Waals surface area contributed by atoms with Gasteiger partial charge < -0.3 is 5.11 Å². The zero-order valence-corrected chi connectivity index (χ0v) is 10.6. The van der Waals surface area contributed by atoms with E-state index in [1.165, 1.54) is 25.7 Å². The number of aliphatic hydroxyl groups excluding tert-OH is 1. The van der Waals surface area contributed by atoms with Gasteiger partial charge in [0.2, 0.25) is 0 Å². The summed E-state index contributed by atoms with van der Waals surface area (Å²) in [6.45, 7) is 2.08. The number of hydrogen-bond donors (Lipinski definition) is 1. The van der Waals surface area contributed by atoms with Crippen LogP contribution in [-0.2, 0) is 0 Å². The van der Waals surface area contributed by atoms with Gasteiger partial charge in [0, 0.05) is 0 Å². The first-order valence-electron chi connectivity index (χ1n) is 6.82. The maximum Gasteiger partial charge on any atom is 0.0565 e. The Hall–Kier alpha value is -0.560. The highest BCUT2D eigenvalue weighted by Gasteiger charge is 2.15. The average Bonchev–Trinajstić information content (AvgIpc) is 2.29. The Bertz CT molecular complexity index is 217. The van der Waals surface area contributed by atoms with Gasteiger partial charge in [-0.05, 0) is 57.3 Å². The van der Waals surface area contributed by atoms with Gasteiger partial charge in [0.25, 0.3) is 0 Å². The van der Waals surface area contributed by atoms with Crippen LogP contribution in [0.4, 0.5) is 0 Å². The molecule has 16 heavy (non-hydrogen) atoms. The second-order valence-corrected chi connectivity index (χ2v) is 4.76. The Morgan fingerprint density at radius 3 is 2.31 bits per heavy atom. The van der Waals surface area contributed by atoms with Gasteiger partial charge in [-0.25, -0.2) is 0 Å². The second kappa shape index (κ2) is 8.58. The molecule has 0 aromatic carbocycles. The standard InChI is InChI=1S/C15H26O/c1-2-15(16)14-12-10-8-6-4-3-5-7-9-11-13-14/h4,6-7,9,14-16H,2-3,5,8,10-13H2,1H3/b6-4-,9-7-. The summed E-state index contributed by atoms with van der Waals surface area (Å²) in [5.74, 6) is 0.502. The summed E-state index contributed by atoms with van der Waals surface area (Å²) in [7, 11) is 0. The maximum atomic E-state index is 9.95. The van der Waals surface area contributed by atoms with Gasteiger partial charge in [-0.2, -0.15) is 0 Å². The van der Waals surface area contributed by atoms with Crippen LogP contribution in [0.3, 0.4) is 0 Å². The lowest BCUT2D eigenvalue weighted by Crippen LogP contribution is -2.19. The fraction of sp³-hybridized carbons (Fsp3) is 0.733. The Kier molecular flexibility index (Phi) is 7.24. The predicted molar refractivity (Wildman–Crippen MR) is 70.4 cm³/mol. The van der Waals surface area contributed by atoms with Crippen molar-refractivity contribution in [3.63, 3.8) is 0 Å². The third-order valence-corrected chi connectivity index (χ3v) is 3.45. The fourth-order valence-corrected chi connectivity index (χ4v) is 2.33. The van der Waals surface area contributed by atoms with Crippen molar-refractivity contribution in [2.45, 2.75) is 64.4 Å². The summed E-state index contributed by atoms with van der Waals surface area (Å²) in [5, 5.41) is 9.95. The van der Waals surface area contributed by atoms with Crippen LogP contribution in [0.25, 0.3) is 0 Å². The molecule has 1 aliphatic carbocycles. The Morgan fingerprint density at radius 1 is 1.00 bits per heavy atom. The summed E-state index contributed by atoms with van der Waals surface area (Å²) in [6.07, 6.45) is 18.1. The quantitative estimate of drug-likeness (QED) is 0.693. The Morgan fingerprint density at radius 2 is 1.62 bits per heavy atom. The SMILES string of the molecule is CCC(O)C1CC/C=C\CC/C=C\CCC1. The molecule has 2 unspecified atom stereocenters. The topological polar surface area (TPSA) is 20.2 Å². The molecular weight excluding hydrogens is 196 g/mol. The van der Waals surface area contributed by atoms with E-state index in [0.717, 1.165) is 25.7 Å². The first-order chi connectivity index (χ1) is 7.84. The summed E-state index contributed by atoms with van der Waals surface area (Å²) < 4.78 is 0. The smallest absolute Gasteiger partial charge is 0.0565 e. The summed E-state index contributed by atoms with van der Waals surface area (Å²) in [4.78, 5) is 0. The van der Waals surface area contributed by atoms with Crippen LogP contribution in [-0.4, -0.2) is 11.2 Å². The van der Waals surface area contributed by atoms with E-state index in [1.807, 2.05) is 0 Å². The van der Waals surface area contributed by atoms with Crippen molar-refractivity contribution >= 4 is 0 Å². The number of allylic oxidation sites excluding steroid dienone is 4. The molecule has 0 bridgehead atoms. The molecule has 92 valence electrons. The minimum Gasteiger partial charge on any atom is -0.393 e. The van der Waals surface area contributed by atoms with Gasteiger partial charge in [0.15, 0.2) is 0 Å². The van der Waals surface area contributed by atoms with Crippen LogP contribution in [0.15, 0.2) is 24.3 Å². The lowest BCUT2D eigenvalue weighted by atomic mass is 9.89. The number of hydrogen-bond acceptors (Lipinski definition) is 1. The zero-order chi connectivity index (χ0) is 11.6. The van der Waals surface area contributed by atoms with Crippen LogP contribution in [0, 0.1) is 5.92 Å². The molecule has 0 heterocycles. The van der Waals surface area contributed by atoms with Crippen molar-refractivity contribution in [3.05, 3.63) is 24.3 Å². The monoisotopic (exact) mass is 222 g/mol. The molecule has 1 N–H and O–H groups in total. The molecule has 0 saturated carbocycles. The van der Waals surface area contributed by atoms with Crippen LogP contribution >= 0.6 is 0 Å². The lowest BCUT2D eigenvalue weighted by molar-refractivity contribution is 0.0929. The lowest BCUT2D eigenvalue weighted by Gasteiger charge is -2.21. The van der Waals surface area contributed by atoms with Crippen LogP contribution < -0.4 is 0 Å². The molecule has 1 nitrogen and oxygen atoms in total. The van der Waals surface area contributed by atoms with Gasteiger partial charge in [-0.3, -0.25) is 0 Å². The molecule has 1 rings (SSSR count). The highest BCUT2D eigenvalue weighted by Crippen LogP contribution is 2.22. The molecule has 0 amide bonds. The van der Waals surface area contributed by atoms with E-state index < -0.39 is 0 Å². The van der Waals surface area contributed by atoms with Gasteiger partial charge in [0.05, 0.1) is 6.10 Å². The predicted octanol–water partition coefficient (Wildman–Crippen LogP) is 4.23. The van der Waals surface area contributed by atoms with Gasteiger partial charge in [-0.15, -0.1) is 0 Å². The fourth-order valence-electron chi connectivity index (χ4n) is 2.33. The largest absolute Gasteiger partial charge is 0.393 e. The molecule has 0 radical (unpaired) electrons. The molecule has 0 aliphatic heterocycles. The van der Waals surface area contributed by atoms with Gasteiger partial charge in [0.1, 0.15) is 0 Å². The number of rotatable bonds is 2. The van der Waals surface area contributed by atoms with Crippen molar-refractivity contribution < 1.29 is 5.11 Å². The first-order valence-corrected chi connectivity index (χ1v) is 6.82. The normalized spacial score (nSPS) is 29.8. The van der Waals surface area contributed by atoms with E-state index in [1.54, 1.807) is 0 Å². The van der Waals surface area contributed by atoms with Crippen molar-refractivity contribution in [1.82, 2.24) is 0 Å². The van der Waals surface area contributed by atoms with Crippen molar-refractivity contribution in [2.75, 3.05) is 0 Å². The summed E-state index contributed by atoms with van der Waals surface area (Å²) >= 11 is 0. The molecular formula is C15H26O. The van der Waals surface area contributed by atoms with E-state index in [-0.39, 0.29) is 6.10 Å².